The molecule has 1 fully saturated rings. The van der Waals surface area contributed by atoms with E-state index in [0.717, 1.165) is 21.1 Å². The summed E-state index contributed by atoms with van der Waals surface area (Å²) >= 11 is 0. The molecule has 3 rings (SSSR count). The average molecular weight is 407 g/mol. The fourth-order valence-electron chi connectivity index (χ4n) is 3.24. The molecule has 1 amide bonds. The molecular weight excluding hydrogens is 382 g/mol. The number of hydrogen-bond donors (Lipinski definition) is 3. The number of aliphatic hydroxyl groups is 1. The van der Waals surface area contributed by atoms with Gasteiger partial charge in [-0.05, 0) is 38.0 Å². The summed E-state index contributed by atoms with van der Waals surface area (Å²) in [4.78, 5) is 12.8. The van der Waals surface area contributed by atoms with Gasteiger partial charge in [0, 0.05) is 31.0 Å². The number of carbonyl (C=O) groups is 1. The van der Waals surface area contributed by atoms with E-state index in [4.69, 9.17) is 0 Å². The molecule has 0 bridgehead atoms. The Balaban J connectivity index is 1.82. The first kappa shape index (κ1) is 20.5. The molecule has 28 heavy (non-hydrogen) atoms. The highest BCUT2D eigenvalue weighted by Crippen LogP contribution is 2.30. The van der Waals surface area contributed by atoms with E-state index in [0.29, 0.717) is 5.69 Å². The van der Waals surface area contributed by atoms with Crippen LogP contribution in [-0.2, 0) is 22.1 Å². The highest BCUT2D eigenvalue weighted by Gasteiger charge is 2.41. The Hall–Kier alpha value is -2.27. The lowest BCUT2D eigenvalue weighted by atomic mass is 10.00. The normalized spacial score (nSPS) is 23.3. The van der Waals surface area contributed by atoms with Crippen LogP contribution in [0.2, 0.25) is 0 Å². The molecule has 3 N–H and O–H groups in total. The van der Waals surface area contributed by atoms with E-state index in [1.54, 1.807) is 49.1 Å². The van der Waals surface area contributed by atoms with Gasteiger partial charge in [0.25, 0.3) is 10.2 Å². The van der Waals surface area contributed by atoms with Gasteiger partial charge in [-0.15, -0.1) is 0 Å². The van der Waals surface area contributed by atoms with Crippen molar-refractivity contribution in [2.45, 2.75) is 38.5 Å². The molecule has 3 atom stereocenters. The van der Waals surface area contributed by atoms with Gasteiger partial charge in [0.05, 0.1) is 18.3 Å². The highest BCUT2D eigenvalue weighted by atomic mass is 32.2. The Morgan fingerprint density at radius 3 is 2.50 bits per heavy atom. The Kier molecular flexibility index (Phi) is 5.57. The van der Waals surface area contributed by atoms with Crippen molar-refractivity contribution in [3.63, 3.8) is 0 Å². The number of nitrogens with one attached hydrogen (secondary N) is 2. The van der Waals surface area contributed by atoms with E-state index < -0.39 is 34.3 Å². The van der Waals surface area contributed by atoms with Crippen LogP contribution in [0.15, 0.2) is 30.5 Å². The summed E-state index contributed by atoms with van der Waals surface area (Å²) in [5, 5.41) is 16.5. The number of aryl methyl sites for hydroxylation is 1. The second kappa shape index (κ2) is 7.63. The maximum atomic E-state index is 12.8. The summed E-state index contributed by atoms with van der Waals surface area (Å²) in [6.07, 6.45) is 1.30. The second-order valence-corrected chi connectivity index (χ2v) is 8.80. The number of anilines is 1. The number of carbonyl (C=O) groups excluding carboxylic acids is 1. The lowest BCUT2D eigenvalue weighted by Gasteiger charge is -2.36. The number of likely N-dealkylation sites (N-methyl/N-ethyl adjacent to an activating group) is 1. The minimum atomic E-state index is -3.82. The fourth-order valence-corrected chi connectivity index (χ4v) is 4.51. The number of nitrogens with zero attached hydrogens (tertiary/aromatic N) is 3. The average Bonchev–Trinajstić information content (AvgIpc) is 2.96. The first-order valence-electron chi connectivity index (χ1n) is 8.93. The number of aromatic nitrogens is 2. The van der Waals surface area contributed by atoms with Gasteiger partial charge in [0.1, 0.15) is 6.04 Å². The van der Waals surface area contributed by atoms with E-state index in [1.165, 1.54) is 7.05 Å². The summed E-state index contributed by atoms with van der Waals surface area (Å²) in [6, 6.07) is 5.38. The highest BCUT2D eigenvalue weighted by molar-refractivity contribution is 7.87. The lowest BCUT2D eigenvalue weighted by Crippen LogP contribution is -2.56. The molecule has 9 nitrogen and oxygen atoms in total. The molecule has 1 aliphatic rings. The van der Waals surface area contributed by atoms with Gasteiger partial charge in [-0.3, -0.25) is 9.48 Å². The Bertz CT molecular complexity index is 968. The molecular formula is C18H25N5O4S. The zero-order valence-corrected chi connectivity index (χ0v) is 17.1. The summed E-state index contributed by atoms with van der Waals surface area (Å²) < 4.78 is 30.4. The van der Waals surface area contributed by atoms with Gasteiger partial charge in [-0.1, -0.05) is 12.1 Å². The molecule has 152 valence electrons. The molecule has 0 saturated carbocycles. The predicted molar refractivity (Wildman–Crippen MR) is 105 cm³/mol. The second-order valence-electron chi connectivity index (χ2n) is 7.04. The maximum absolute atomic E-state index is 12.8. The van der Waals surface area contributed by atoms with Crippen LogP contribution >= 0.6 is 0 Å². The maximum Gasteiger partial charge on any atom is 0.280 e. The largest absolute Gasteiger partial charge is 0.389 e. The number of rotatable bonds is 4. The van der Waals surface area contributed by atoms with Crippen molar-refractivity contribution < 1.29 is 18.3 Å². The standard InChI is InChI=1S/C18H25N5O4S/c1-11-15(10-19-22(11)3)16-9-17(23(4)28(26,27)21-16)18(25)20-14-7-5-13(6-8-14)12(2)24/h5-8,10,12,16-17,21,24H,9H2,1-4H3,(H,20,25)/t12-,16-,17-/m0/s1. The zero-order valence-electron chi connectivity index (χ0n) is 16.2. The monoisotopic (exact) mass is 407 g/mol. The van der Waals surface area contributed by atoms with Crippen molar-refractivity contribution in [2.75, 3.05) is 12.4 Å². The molecule has 1 saturated heterocycles. The third kappa shape index (κ3) is 3.95. The van der Waals surface area contributed by atoms with Gasteiger partial charge >= 0.3 is 0 Å². The van der Waals surface area contributed by atoms with E-state index in [2.05, 4.69) is 15.1 Å². The summed E-state index contributed by atoms with van der Waals surface area (Å²) in [5.74, 6) is -0.413. The molecule has 1 aliphatic heterocycles. The van der Waals surface area contributed by atoms with Gasteiger partial charge in [0.15, 0.2) is 0 Å². The van der Waals surface area contributed by atoms with Gasteiger partial charge in [0.2, 0.25) is 5.91 Å². The van der Waals surface area contributed by atoms with Crippen molar-refractivity contribution in [2.24, 2.45) is 7.05 Å². The first-order valence-corrected chi connectivity index (χ1v) is 10.4. The Labute approximate surface area is 164 Å². The molecule has 0 spiro atoms. The van der Waals surface area contributed by atoms with Crippen LogP contribution in [0.4, 0.5) is 5.69 Å². The lowest BCUT2D eigenvalue weighted by molar-refractivity contribution is -0.120. The van der Waals surface area contributed by atoms with Gasteiger partial charge in [-0.25, -0.2) is 0 Å². The van der Waals surface area contributed by atoms with Crippen LogP contribution in [0.3, 0.4) is 0 Å². The topological polar surface area (TPSA) is 117 Å². The van der Waals surface area contributed by atoms with Crippen LogP contribution in [-0.4, -0.2) is 46.6 Å². The molecule has 1 aromatic heterocycles. The summed E-state index contributed by atoms with van der Waals surface area (Å²) in [6.45, 7) is 3.51. The zero-order chi connectivity index (χ0) is 20.6. The minimum Gasteiger partial charge on any atom is -0.389 e. The fraction of sp³-hybridized carbons (Fsp3) is 0.444. The van der Waals surface area contributed by atoms with Crippen LogP contribution in [0.25, 0.3) is 0 Å². The van der Waals surface area contributed by atoms with Crippen LogP contribution in [0, 0.1) is 6.92 Å². The van der Waals surface area contributed by atoms with Gasteiger partial charge < -0.3 is 10.4 Å². The quantitative estimate of drug-likeness (QED) is 0.699. The van der Waals surface area contributed by atoms with E-state index in [9.17, 15) is 18.3 Å². The van der Waals surface area contributed by atoms with Crippen LogP contribution in [0.5, 0.6) is 0 Å². The molecule has 0 radical (unpaired) electrons. The van der Waals surface area contributed by atoms with Gasteiger partial charge in [-0.2, -0.15) is 22.5 Å². The number of aliphatic hydroxyl groups excluding tert-OH is 1. The van der Waals surface area contributed by atoms with Crippen molar-refractivity contribution in [3.8, 4) is 0 Å². The van der Waals surface area contributed by atoms with Crippen molar-refractivity contribution in [3.05, 3.63) is 47.3 Å². The van der Waals surface area contributed by atoms with E-state index >= 15 is 0 Å². The van der Waals surface area contributed by atoms with E-state index in [-0.39, 0.29) is 6.42 Å². The molecule has 2 aromatic rings. The first-order chi connectivity index (χ1) is 13.1. The van der Waals surface area contributed by atoms with Crippen molar-refractivity contribution in [1.82, 2.24) is 18.8 Å². The molecule has 0 unspecified atom stereocenters. The van der Waals surface area contributed by atoms with Crippen LogP contribution in [0.1, 0.15) is 42.3 Å². The number of hydrogen-bond acceptors (Lipinski definition) is 5. The molecule has 10 heteroatoms. The smallest absolute Gasteiger partial charge is 0.280 e. The third-order valence-corrected chi connectivity index (χ3v) is 6.78. The van der Waals surface area contributed by atoms with E-state index in [1.807, 2.05) is 6.92 Å². The molecule has 2 heterocycles. The number of benzene rings is 1. The van der Waals surface area contributed by atoms with Crippen LogP contribution < -0.4 is 10.0 Å². The SMILES string of the molecule is Cc1c([C@@H]2C[C@@H](C(=O)Nc3ccc([C@H](C)O)cc3)N(C)S(=O)(=O)N2)cnn1C. The molecule has 0 aliphatic carbocycles. The predicted octanol–water partition coefficient (Wildman–Crippen LogP) is 1.00. The minimum absolute atomic E-state index is 0.278. The number of amides is 1. The van der Waals surface area contributed by atoms with Crippen molar-refractivity contribution >= 4 is 21.8 Å². The third-order valence-electron chi connectivity index (χ3n) is 5.18. The molecule has 1 aromatic carbocycles. The summed E-state index contributed by atoms with van der Waals surface area (Å²) in [7, 11) is -0.653. The van der Waals surface area contributed by atoms with Crippen molar-refractivity contribution in [1.29, 1.82) is 0 Å². The summed E-state index contributed by atoms with van der Waals surface area (Å²) in [5.41, 5.74) is 2.85. The Morgan fingerprint density at radius 1 is 1.32 bits per heavy atom. The Morgan fingerprint density at radius 2 is 1.96 bits per heavy atom.